The summed E-state index contributed by atoms with van der Waals surface area (Å²) in [4.78, 5) is 13.2. The van der Waals surface area contributed by atoms with Crippen molar-refractivity contribution >= 4 is 50.1 Å². The van der Waals surface area contributed by atoms with Crippen LogP contribution in [-0.4, -0.2) is 10.2 Å². The van der Waals surface area contributed by atoms with Crippen molar-refractivity contribution in [1.82, 2.24) is 4.40 Å². The molecule has 0 atom stereocenters. The number of aromatic nitrogens is 1. The molecule has 0 aliphatic carbocycles. The van der Waals surface area contributed by atoms with Crippen LogP contribution < -0.4 is 5.73 Å². The molecular formula is C18H10ClN3OS. The van der Waals surface area contributed by atoms with Gasteiger partial charge in [0.2, 0.25) is 5.78 Å². The highest BCUT2D eigenvalue weighted by atomic mass is 35.5. The normalized spacial score (nSPS) is 11.0. The van der Waals surface area contributed by atoms with Crippen LogP contribution in [0.25, 0.3) is 15.7 Å². The first-order chi connectivity index (χ1) is 11.6. The molecule has 0 saturated carbocycles. The zero-order valence-corrected chi connectivity index (χ0v) is 13.9. The zero-order chi connectivity index (χ0) is 16.8. The van der Waals surface area contributed by atoms with E-state index in [4.69, 9.17) is 17.3 Å². The van der Waals surface area contributed by atoms with Crippen LogP contribution in [0.1, 0.15) is 20.8 Å². The van der Waals surface area contributed by atoms with Crippen molar-refractivity contribution in [1.29, 1.82) is 5.26 Å². The number of pyridine rings is 1. The van der Waals surface area contributed by atoms with Crippen LogP contribution in [0.3, 0.4) is 0 Å². The molecule has 6 heteroatoms. The lowest BCUT2D eigenvalue weighted by molar-refractivity contribution is 0.104. The van der Waals surface area contributed by atoms with Crippen LogP contribution in [0.5, 0.6) is 0 Å². The minimum atomic E-state index is -0.168. The molecule has 0 saturated heterocycles. The zero-order valence-electron chi connectivity index (χ0n) is 12.3. The second kappa shape index (κ2) is 5.38. The number of nitrogens with zero attached hydrogens (tertiary/aromatic N) is 2. The molecule has 0 aliphatic rings. The number of benzene rings is 1. The van der Waals surface area contributed by atoms with Crippen molar-refractivity contribution in [3.63, 3.8) is 0 Å². The molecule has 0 spiro atoms. The number of nitrogens with two attached hydrogens (primary N) is 1. The molecule has 1 aromatic carbocycles. The average Bonchev–Trinajstić information content (AvgIpc) is 3.09. The molecule has 116 valence electrons. The quantitative estimate of drug-likeness (QED) is 0.541. The number of thiophene rings is 1. The maximum absolute atomic E-state index is 12.8. The number of hydrogen-bond donors (Lipinski definition) is 1. The fourth-order valence-electron chi connectivity index (χ4n) is 2.81. The van der Waals surface area contributed by atoms with Gasteiger partial charge in [-0.15, -0.1) is 11.3 Å². The molecule has 4 nitrogen and oxygen atoms in total. The summed E-state index contributed by atoms with van der Waals surface area (Å²) >= 11 is 7.13. The number of halogens is 1. The molecule has 4 rings (SSSR count). The standard InChI is InChI=1S/C18H10ClN3OS/c19-11-6-4-10(5-7-11)16(23)18-14(21)15-17(24-18)12(9-20)13-3-1-2-8-22(13)15/h1-8H,21H2. The van der Waals surface area contributed by atoms with E-state index in [-0.39, 0.29) is 5.78 Å². The number of carbonyl (C=O) groups excluding carboxylic acids is 1. The molecule has 0 amide bonds. The first-order valence-corrected chi connectivity index (χ1v) is 8.32. The highest BCUT2D eigenvalue weighted by Crippen LogP contribution is 2.40. The van der Waals surface area contributed by atoms with Crippen molar-refractivity contribution in [2.45, 2.75) is 0 Å². The van der Waals surface area contributed by atoms with Crippen LogP contribution in [0.15, 0.2) is 48.7 Å². The van der Waals surface area contributed by atoms with E-state index in [9.17, 15) is 10.1 Å². The number of anilines is 1. The number of rotatable bonds is 2. The molecular weight excluding hydrogens is 342 g/mol. The Bertz CT molecular complexity index is 1150. The maximum atomic E-state index is 12.8. The molecule has 3 heterocycles. The molecule has 0 bridgehead atoms. The third-order valence-electron chi connectivity index (χ3n) is 3.93. The lowest BCUT2D eigenvalue weighted by Crippen LogP contribution is -2.02. The smallest absolute Gasteiger partial charge is 0.205 e. The number of ketones is 1. The lowest BCUT2D eigenvalue weighted by Gasteiger charge is -2.01. The number of carbonyl (C=O) groups is 1. The number of nitriles is 1. The van der Waals surface area contributed by atoms with Crippen molar-refractivity contribution in [2.24, 2.45) is 0 Å². The third-order valence-corrected chi connectivity index (χ3v) is 5.39. The van der Waals surface area contributed by atoms with Gasteiger partial charge in [-0.2, -0.15) is 5.26 Å². The maximum Gasteiger partial charge on any atom is 0.205 e. The Morgan fingerprint density at radius 2 is 1.96 bits per heavy atom. The van der Waals surface area contributed by atoms with Crippen molar-refractivity contribution in [3.05, 3.63) is 69.7 Å². The van der Waals surface area contributed by atoms with Gasteiger partial charge < -0.3 is 10.1 Å². The topological polar surface area (TPSA) is 71.3 Å². The van der Waals surface area contributed by atoms with Gasteiger partial charge in [0, 0.05) is 16.8 Å². The Morgan fingerprint density at radius 3 is 2.67 bits per heavy atom. The molecule has 2 N–H and O–H groups in total. The van der Waals surface area contributed by atoms with Gasteiger partial charge in [0.25, 0.3) is 0 Å². The van der Waals surface area contributed by atoms with Crippen LogP contribution in [-0.2, 0) is 0 Å². The van der Waals surface area contributed by atoms with E-state index >= 15 is 0 Å². The highest BCUT2D eigenvalue weighted by molar-refractivity contribution is 7.22. The summed E-state index contributed by atoms with van der Waals surface area (Å²) in [5.41, 5.74) is 9.23. The fourth-order valence-corrected chi connectivity index (χ4v) is 4.12. The molecule has 3 aromatic heterocycles. The second-order valence-corrected chi connectivity index (χ2v) is 6.76. The first kappa shape index (κ1) is 14.8. The molecule has 0 fully saturated rings. The molecule has 0 aliphatic heterocycles. The molecule has 0 radical (unpaired) electrons. The van der Waals surface area contributed by atoms with E-state index in [2.05, 4.69) is 6.07 Å². The van der Waals surface area contributed by atoms with Gasteiger partial charge in [0.15, 0.2) is 0 Å². The van der Waals surface area contributed by atoms with E-state index in [1.165, 1.54) is 11.3 Å². The minimum absolute atomic E-state index is 0.168. The van der Waals surface area contributed by atoms with Crippen molar-refractivity contribution in [2.75, 3.05) is 5.73 Å². The van der Waals surface area contributed by atoms with Crippen molar-refractivity contribution < 1.29 is 4.79 Å². The summed E-state index contributed by atoms with van der Waals surface area (Å²) in [6, 6.07) is 14.5. The summed E-state index contributed by atoms with van der Waals surface area (Å²) in [5.74, 6) is -0.168. The Kier molecular flexibility index (Phi) is 3.31. The van der Waals surface area contributed by atoms with Gasteiger partial charge in [-0.3, -0.25) is 4.79 Å². The SMILES string of the molecule is N#Cc1c2sc(C(=O)c3ccc(Cl)cc3)c(N)c2n2ccccc12. The van der Waals surface area contributed by atoms with Crippen LogP contribution in [0.4, 0.5) is 5.69 Å². The predicted molar refractivity (Wildman–Crippen MR) is 96.8 cm³/mol. The predicted octanol–water partition coefficient (Wildman–Crippen LogP) is 4.49. The van der Waals surface area contributed by atoms with E-state index < -0.39 is 0 Å². The van der Waals surface area contributed by atoms with Gasteiger partial charge in [-0.1, -0.05) is 17.7 Å². The Hall–Kier alpha value is -2.81. The van der Waals surface area contributed by atoms with Crippen LogP contribution in [0, 0.1) is 11.3 Å². The summed E-state index contributed by atoms with van der Waals surface area (Å²) in [7, 11) is 0. The summed E-state index contributed by atoms with van der Waals surface area (Å²) in [6.45, 7) is 0. The second-order valence-electron chi connectivity index (χ2n) is 5.30. The van der Waals surface area contributed by atoms with Crippen molar-refractivity contribution in [3.8, 4) is 6.07 Å². The van der Waals surface area contributed by atoms with E-state index in [0.717, 1.165) is 10.2 Å². The Balaban J connectivity index is 1.98. The fraction of sp³-hybridized carbons (Fsp3) is 0. The highest BCUT2D eigenvalue weighted by Gasteiger charge is 2.23. The number of hydrogen-bond acceptors (Lipinski definition) is 4. The van der Waals surface area contributed by atoms with Gasteiger partial charge in [-0.05, 0) is 36.4 Å². The average molecular weight is 352 g/mol. The Labute approximate surface area is 146 Å². The molecule has 0 unspecified atom stereocenters. The van der Waals surface area contributed by atoms with E-state index in [0.29, 0.717) is 32.2 Å². The van der Waals surface area contributed by atoms with E-state index in [1.54, 1.807) is 24.3 Å². The summed E-state index contributed by atoms with van der Waals surface area (Å²) in [5, 5.41) is 10.1. The number of nitrogen functional groups attached to an aromatic ring is 1. The minimum Gasteiger partial charge on any atom is -0.396 e. The van der Waals surface area contributed by atoms with Gasteiger partial charge in [0.05, 0.1) is 27.0 Å². The van der Waals surface area contributed by atoms with Crippen LogP contribution in [0.2, 0.25) is 5.02 Å². The van der Waals surface area contributed by atoms with Gasteiger partial charge >= 0.3 is 0 Å². The lowest BCUT2D eigenvalue weighted by atomic mass is 10.1. The summed E-state index contributed by atoms with van der Waals surface area (Å²) in [6.07, 6.45) is 1.85. The molecule has 4 aromatic rings. The van der Waals surface area contributed by atoms with Crippen LogP contribution >= 0.6 is 22.9 Å². The third kappa shape index (κ3) is 2.01. The van der Waals surface area contributed by atoms with E-state index in [1.807, 2.05) is 28.8 Å². The molecule has 24 heavy (non-hydrogen) atoms. The Morgan fingerprint density at radius 1 is 1.21 bits per heavy atom. The monoisotopic (exact) mass is 351 g/mol. The first-order valence-electron chi connectivity index (χ1n) is 7.13. The van der Waals surface area contributed by atoms with Gasteiger partial charge in [-0.25, -0.2) is 0 Å². The summed E-state index contributed by atoms with van der Waals surface area (Å²) < 4.78 is 2.59. The van der Waals surface area contributed by atoms with Gasteiger partial charge in [0.1, 0.15) is 10.9 Å². The number of fused-ring (bicyclic) bond motifs is 3. The largest absolute Gasteiger partial charge is 0.396 e.